The van der Waals surface area contributed by atoms with E-state index in [1.807, 2.05) is 6.08 Å². The molecular weight excluding hydrogens is 715 g/mol. The Balaban J connectivity index is 4.42. The predicted octanol–water partition coefficient (Wildman–Crippen LogP) is 11.0. The van der Waals surface area contributed by atoms with Crippen molar-refractivity contribution >= 4 is 17.9 Å². The molecule has 326 valence electrons. The normalized spacial score (nSPS) is 13.6. The average molecular weight is 798 g/mol. The molecule has 2 atom stereocenters. The van der Waals surface area contributed by atoms with Crippen LogP contribution in [-0.4, -0.2) is 75.5 Å². The number of rotatable bonds is 39. The molecule has 0 spiro atoms. The second kappa shape index (κ2) is 39.6. The van der Waals surface area contributed by atoms with E-state index in [0.717, 1.165) is 83.5 Å². The third-order valence-corrected chi connectivity index (χ3v) is 9.69. The minimum absolute atomic E-state index is 0.0243. The number of hydrogen-bond acceptors (Lipinski definition) is 7. The fourth-order valence-corrected chi connectivity index (χ4v) is 6.13. The van der Waals surface area contributed by atoms with Gasteiger partial charge in [0, 0.05) is 19.3 Å². The van der Waals surface area contributed by atoms with Crippen LogP contribution in [0.2, 0.25) is 0 Å². The molecular formula is C49H83NO7. The Morgan fingerprint density at radius 2 is 0.930 bits per heavy atom. The van der Waals surface area contributed by atoms with Crippen LogP contribution >= 0.6 is 0 Å². The van der Waals surface area contributed by atoms with Crippen LogP contribution in [0.1, 0.15) is 168 Å². The maximum absolute atomic E-state index is 12.7. The van der Waals surface area contributed by atoms with Crippen LogP contribution in [0.3, 0.4) is 0 Å². The van der Waals surface area contributed by atoms with Gasteiger partial charge in [-0.1, -0.05) is 157 Å². The highest BCUT2D eigenvalue weighted by molar-refractivity contribution is 5.70. The van der Waals surface area contributed by atoms with E-state index in [-0.39, 0.29) is 42.7 Å². The van der Waals surface area contributed by atoms with E-state index in [1.165, 1.54) is 51.4 Å². The van der Waals surface area contributed by atoms with Crippen LogP contribution in [0, 0.1) is 0 Å². The Bertz CT molecular complexity index is 1160. The van der Waals surface area contributed by atoms with Crippen molar-refractivity contribution in [3.63, 3.8) is 0 Å². The molecule has 0 aromatic rings. The van der Waals surface area contributed by atoms with Gasteiger partial charge in [-0.05, 0) is 64.2 Å². The number of carboxylic acid groups (broad SMARTS) is 1. The quantitative estimate of drug-likeness (QED) is 0.0264. The van der Waals surface area contributed by atoms with Crippen molar-refractivity contribution in [3.8, 4) is 0 Å². The summed E-state index contributed by atoms with van der Waals surface area (Å²) >= 11 is 0. The summed E-state index contributed by atoms with van der Waals surface area (Å²) in [5.41, 5.74) is 0. The summed E-state index contributed by atoms with van der Waals surface area (Å²) in [6.45, 7) is 4.54. The van der Waals surface area contributed by atoms with Gasteiger partial charge in [-0.3, -0.25) is 9.59 Å². The second-order valence-electron chi connectivity index (χ2n) is 16.0. The summed E-state index contributed by atoms with van der Waals surface area (Å²) in [4.78, 5) is 36.9. The number of carbonyl (C=O) groups is 3. The molecule has 57 heavy (non-hydrogen) atoms. The Kier molecular flexibility index (Phi) is 37.3. The van der Waals surface area contributed by atoms with Gasteiger partial charge in [0.1, 0.15) is 12.6 Å². The highest BCUT2D eigenvalue weighted by Crippen LogP contribution is 2.13. The Labute approximate surface area is 349 Å². The number of unbranched alkanes of at least 4 members (excludes halogenated alkanes) is 17. The van der Waals surface area contributed by atoms with E-state index in [0.29, 0.717) is 12.8 Å². The smallest absolute Gasteiger partial charge is 0.306 e. The van der Waals surface area contributed by atoms with Crippen molar-refractivity contribution < 1.29 is 38.2 Å². The van der Waals surface area contributed by atoms with Gasteiger partial charge in [-0.15, -0.1) is 0 Å². The van der Waals surface area contributed by atoms with E-state index in [1.54, 1.807) is 21.1 Å². The molecule has 0 aliphatic carbocycles. The van der Waals surface area contributed by atoms with E-state index in [4.69, 9.17) is 14.2 Å². The zero-order chi connectivity index (χ0) is 42.1. The number of quaternary nitrogens is 1. The van der Waals surface area contributed by atoms with Gasteiger partial charge < -0.3 is 28.6 Å². The maximum Gasteiger partial charge on any atom is 0.306 e. The first-order chi connectivity index (χ1) is 27.6. The van der Waals surface area contributed by atoms with Crippen molar-refractivity contribution in [2.24, 2.45) is 0 Å². The molecule has 0 saturated carbocycles. The number of likely N-dealkylation sites (N-methyl/N-ethyl adjacent to an activating group) is 1. The molecule has 0 rings (SSSR count). The van der Waals surface area contributed by atoms with Crippen LogP contribution in [0.15, 0.2) is 72.9 Å². The molecule has 8 heteroatoms. The lowest BCUT2D eigenvalue weighted by Crippen LogP contribution is -2.55. The van der Waals surface area contributed by atoms with Gasteiger partial charge in [-0.25, -0.2) is 0 Å². The number of esters is 2. The van der Waals surface area contributed by atoms with E-state index in [9.17, 15) is 19.5 Å². The summed E-state index contributed by atoms with van der Waals surface area (Å²) in [7, 11) is 5.39. The van der Waals surface area contributed by atoms with Crippen molar-refractivity contribution in [3.05, 3.63) is 72.9 Å². The van der Waals surface area contributed by atoms with Crippen molar-refractivity contribution in [2.75, 3.05) is 41.0 Å². The second-order valence-corrected chi connectivity index (χ2v) is 16.0. The summed E-state index contributed by atoms with van der Waals surface area (Å²) in [6.07, 6.45) is 49.1. The lowest BCUT2D eigenvalue weighted by molar-refractivity contribution is -0.889. The zero-order valence-corrected chi connectivity index (χ0v) is 37.0. The van der Waals surface area contributed by atoms with Gasteiger partial charge in [0.15, 0.2) is 6.10 Å². The van der Waals surface area contributed by atoms with Crippen LogP contribution in [0.5, 0.6) is 0 Å². The lowest BCUT2D eigenvalue weighted by atomic mass is 10.1. The summed E-state index contributed by atoms with van der Waals surface area (Å²) in [5, 5.41) is 11.6. The number of carbonyl (C=O) groups excluding carboxylic acids is 3. The van der Waals surface area contributed by atoms with Gasteiger partial charge in [0.25, 0.3) is 0 Å². The van der Waals surface area contributed by atoms with E-state index >= 15 is 0 Å². The van der Waals surface area contributed by atoms with Crippen molar-refractivity contribution in [1.82, 2.24) is 0 Å². The van der Waals surface area contributed by atoms with Crippen LogP contribution < -0.4 is 5.11 Å². The highest BCUT2D eigenvalue weighted by Gasteiger charge is 2.25. The first-order valence-electron chi connectivity index (χ1n) is 22.5. The first-order valence-corrected chi connectivity index (χ1v) is 22.5. The molecule has 0 saturated heterocycles. The zero-order valence-electron chi connectivity index (χ0n) is 37.0. The largest absolute Gasteiger partial charge is 0.544 e. The van der Waals surface area contributed by atoms with E-state index < -0.39 is 18.1 Å². The molecule has 0 aromatic carbocycles. The molecule has 8 nitrogen and oxygen atoms in total. The molecule has 0 bridgehead atoms. The molecule has 0 radical (unpaired) electrons. The standard InChI is InChI=1S/C49H83NO7/c1-6-8-10-12-14-16-18-20-22-23-24-26-27-29-31-33-35-37-39-47(51)56-44-45(43-55-42-41-46(49(53)54)50(3,4)5)57-48(52)40-38-36-34-32-30-28-25-21-19-17-15-13-11-9-7-2/h14-24,26,45-46H,6-13,25,27-44H2,1-5H3/b16-14+,17-15+,20-18+,21-19+,23-22+,26-24+. The number of allylic oxidation sites excluding steroid dienone is 12. The SMILES string of the molecule is CCCCC/C=C/C=C/C=C/C=C/CCCCCCCC(=O)OCC(COCCC(C(=O)[O-])[N+](C)(C)C)OC(=O)CCCCCCCC/C=C/C=C/CCCCC. The summed E-state index contributed by atoms with van der Waals surface area (Å²) < 4.78 is 17.1. The first kappa shape index (κ1) is 53.8. The van der Waals surface area contributed by atoms with Crippen molar-refractivity contribution in [1.29, 1.82) is 0 Å². The third kappa shape index (κ3) is 38.1. The monoisotopic (exact) mass is 798 g/mol. The number of hydrogen-bond donors (Lipinski definition) is 0. The Morgan fingerprint density at radius 3 is 1.39 bits per heavy atom. The summed E-state index contributed by atoms with van der Waals surface area (Å²) in [5.74, 6) is -1.79. The fourth-order valence-electron chi connectivity index (χ4n) is 6.13. The molecule has 0 aromatic heterocycles. The number of nitrogens with zero attached hydrogens (tertiary/aromatic N) is 1. The molecule has 2 unspecified atom stereocenters. The van der Waals surface area contributed by atoms with Crippen LogP contribution in [0.4, 0.5) is 0 Å². The van der Waals surface area contributed by atoms with Crippen LogP contribution in [0.25, 0.3) is 0 Å². The Hall–Kier alpha value is -3.23. The average Bonchev–Trinajstić information content (AvgIpc) is 3.17. The highest BCUT2D eigenvalue weighted by atomic mass is 16.6. The van der Waals surface area contributed by atoms with Crippen LogP contribution in [-0.2, 0) is 28.6 Å². The minimum Gasteiger partial charge on any atom is -0.544 e. The van der Waals surface area contributed by atoms with Crippen molar-refractivity contribution in [2.45, 2.75) is 180 Å². The predicted molar refractivity (Wildman–Crippen MR) is 235 cm³/mol. The van der Waals surface area contributed by atoms with Gasteiger partial charge in [0.2, 0.25) is 0 Å². The number of ether oxygens (including phenoxy) is 3. The van der Waals surface area contributed by atoms with Gasteiger partial charge >= 0.3 is 11.9 Å². The number of carboxylic acids is 1. The lowest BCUT2D eigenvalue weighted by Gasteiger charge is -2.34. The number of aliphatic carboxylic acids is 1. The topological polar surface area (TPSA) is 102 Å². The Morgan fingerprint density at radius 1 is 0.526 bits per heavy atom. The van der Waals surface area contributed by atoms with E-state index in [2.05, 4.69) is 80.7 Å². The van der Waals surface area contributed by atoms with Gasteiger partial charge in [0.05, 0.1) is 40.3 Å². The maximum atomic E-state index is 12.7. The third-order valence-electron chi connectivity index (χ3n) is 9.69. The molecule has 0 aliphatic rings. The minimum atomic E-state index is -1.13. The fraction of sp³-hybridized carbons (Fsp3) is 0.694. The van der Waals surface area contributed by atoms with Gasteiger partial charge in [-0.2, -0.15) is 0 Å². The molecule has 0 N–H and O–H groups in total. The molecule has 0 heterocycles. The molecule has 0 aliphatic heterocycles. The summed E-state index contributed by atoms with van der Waals surface area (Å²) in [6, 6.07) is -0.735. The molecule has 0 amide bonds. The molecule has 0 fully saturated rings.